The highest BCUT2D eigenvalue weighted by Gasteiger charge is 2.12. The SMILES string of the molecule is C#CCC(C)NCc1cccc2c1NCCC2. The molecule has 0 amide bonds. The highest BCUT2D eigenvalue weighted by Crippen LogP contribution is 2.25. The van der Waals surface area contributed by atoms with Crippen molar-refractivity contribution in [1.29, 1.82) is 0 Å². The topological polar surface area (TPSA) is 24.1 Å². The second-order valence-electron chi connectivity index (χ2n) is 4.67. The summed E-state index contributed by atoms with van der Waals surface area (Å²) in [4.78, 5) is 0. The molecule has 1 atom stereocenters. The lowest BCUT2D eigenvalue weighted by Gasteiger charge is -2.22. The molecule has 1 aromatic carbocycles. The van der Waals surface area contributed by atoms with Gasteiger partial charge in [0.15, 0.2) is 0 Å². The van der Waals surface area contributed by atoms with Crippen LogP contribution in [0.15, 0.2) is 18.2 Å². The van der Waals surface area contributed by atoms with E-state index in [2.05, 4.69) is 41.7 Å². The number of hydrogen-bond donors (Lipinski definition) is 2. The first kappa shape index (κ1) is 12.0. The summed E-state index contributed by atoms with van der Waals surface area (Å²) in [5, 5.41) is 6.97. The van der Waals surface area contributed by atoms with Gasteiger partial charge in [0.05, 0.1) is 0 Å². The molecule has 17 heavy (non-hydrogen) atoms. The number of anilines is 1. The predicted octanol–water partition coefficient (Wildman–Crippen LogP) is 2.55. The predicted molar refractivity (Wildman–Crippen MR) is 73.0 cm³/mol. The zero-order valence-electron chi connectivity index (χ0n) is 10.4. The van der Waals surface area contributed by atoms with Gasteiger partial charge in [0.25, 0.3) is 0 Å². The number of hydrogen-bond acceptors (Lipinski definition) is 2. The summed E-state index contributed by atoms with van der Waals surface area (Å²) in [6.07, 6.45) is 8.51. The number of para-hydroxylation sites is 1. The minimum absolute atomic E-state index is 0.374. The van der Waals surface area contributed by atoms with E-state index in [-0.39, 0.29) is 0 Å². The lowest BCUT2D eigenvalue weighted by Crippen LogP contribution is -2.26. The Balaban J connectivity index is 2.04. The van der Waals surface area contributed by atoms with Gasteiger partial charge >= 0.3 is 0 Å². The van der Waals surface area contributed by atoms with Crippen LogP contribution in [0.25, 0.3) is 0 Å². The van der Waals surface area contributed by atoms with Crippen molar-refractivity contribution in [3.05, 3.63) is 29.3 Å². The minimum atomic E-state index is 0.374. The number of nitrogens with one attached hydrogen (secondary N) is 2. The number of rotatable bonds is 4. The van der Waals surface area contributed by atoms with E-state index in [1.807, 2.05) is 0 Å². The Morgan fingerprint density at radius 2 is 2.41 bits per heavy atom. The molecule has 1 heterocycles. The van der Waals surface area contributed by atoms with Gasteiger partial charge in [-0.05, 0) is 30.9 Å². The van der Waals surface area contributed by atoms with Gasteiger partial charge in [-0.15, -0.1) is 12.3 Å². The quantitative estimate of drug-likeness (QED) is 0.774. The van der Waals surface area contributed by atoms with E-state index in [0.717, 1.165) is 19.5 Å². The molecule has 0 fully saturated rings. The van der Waals surface area contributed by atoms with Crippen LogP contribution < -0.4 is 10.6 Å². The Hall–Kier alpha value is -1.46. The van der Waals surface area contributed by atoms with Gasteiger partial charge in [-0.25, -0.2) is 0 Å². The first-order valence-corrected chi connectivity index (χ1v) is 6.32. The van der Waals surface area contributed by atoms with Gasteiger partial charge in [-0.3, -0.25) is 0 Å². The van der Waals surface area contributed by atoms with E-state index in [0.29, 0.717) is 6.04 Å². The van der Waals surface area contributed by atoms with Gasteiger partial charge in [0.1, 0.15) is 0 Å². The number of aryl methyl sites for hydroxylation is 1. The summed E-state index contributed by atoms with van der Waals surface area (Å²) in [5.74, 6) is 2.69. The van der Waals surface area contributed by atoms with Crippen LogP contribution in [0.1, 0.15) is 30.9 Å². The number of fused-ring (bicyclic) bond motifs is 1. The first-order chi connectivity index (χ1) is 8.31. The molecule has 1 unspecified atom stereocenters. The molecule has 90 valence electrons. The first-order valence-electron chi connectivity index (χ1n) is 6.32. The molecule has 0 aromatic heterocycles. The molecule has 2 rings (SSSR count). The molecular weight excluding hydrogens is 208 g/mol. The van der Waals surface area contributed by atoms with Gasteiger partial charge in [0, 0.05) is 31.2 Å². The lowest BCUT2D eigenvalue weighted by molar-refractivity contribution is 0.559. The molecule has 0 saturated heterocycles. The molecule has 1 aliphatic heterocycles. The van der Waals surface area contributed by atoms with Gasteiger partial charge in [-0.2, -0.15) is 0 Å². The fourth-order valence-electron chi connectivity index (χ4n) is 2.26. The maximum atomic E-state index is 5.31. The monoisotopic (exact) mass is 228 g/mol. The molecule has 2 nitrogen and oxygen atoms in total. The van der Waals surface area contributed by atoms with Gasteiger partial charge in [0.2, 0.25) is 0 Å². The largest absolute Gasteiger partial charge is 0.385 e. The fourth-order valence-corrected chi connectivity index (χ4v) is 2.26. The normalized spacial score (nSPS) is 15.5. The van der Waals surface area contributed by atoms with Crippen LogP contribution in [0.4, 0.5) is 5.69 Å². The zero-order chi connectivity index (χ0) is 12.1. The number of terminal acetylenes is 1. The molecule has 1 aliphatic rings. The summed E-state index contributed by atoms with van der Waals surface area (Å²) >= 11 is 0. The Morgan fingerprint density at radius 3 is 3.24 bits per heavy atom. The average Bonchev–Trinajstić information content (AvgIpc) is 2.36. The maximum Gasteiger partial charge on any atom is 0.0418 e. The van der Waals surface area contributed by atoms with Crippen molar-refractivity contribution in [2.75, 3.05) is 11.9 Å². The van der Waals surface area contributed by atoms with Crippen molar-refractivity contribution in [3.8, 4) is 12.3 Å². The Labute approximate surface area is 104 Å². The summed E-state index contributed by atoms with van der Waals surface area (Å²) in [7, 11) is 0. The van der Waals surface area contributed by atoms with Crippen LogP contribution in [-0.4, -0.2) is 12.6 Å². The number of benzene rings is 1. The van der Waals surface area contributed by atoms with Crippen LogP contribution >= 0.6 is 0 Å². The van der Waals surface area contributed by atoms with Crippen molar-refractivity contribution >= 4 is 5.69 Å². The van der Waals surface area contributed by atoms with Gasteiger partial charge < -0.3 is 10.6 Å². The maximum absolute atomic E-state index is 5.31. The Morgan fingerprint density at radius 1 is 1.53 bits per heavy atom. The smallest absolute Gasteiger partial charge is 0.0418 e. The van der Waals surface area contributed by atoms with Crippen LogP contribution in [0.5, 0.6) is 0 Å². The molecule has 0 radical (unpaired) electrons. The van der Waals surface area contributed by atoms with E-state index >= 15 is 0 Å². The second-order valence-corrected chi connectivity index (χ2v) is 4.67. The van der Waals surface area contributed by atoms with Crippen LogP contribution in [0.2, 0.25) is 0 Å². The molecule has 1 aromatic rings. The second kappa shape index (κ2) is 5.75. The summed E-state index contributed by atoms with van der Waals surface area (Å²) in [6, 6.07) is 6.93. The van der Waals surface area contributed by atoms with E-state index in [1.165, 1.54) is 29.7 Å². The minimum Gasteiger partial charge on any atom is -0.385 e. The van der Waals surface area contributed by atoms with Crippen molar-refractivity contribution in [2.24, 2.45) is 0 Å². The van der Waals surface area contributed by atoms with Crippen LogP contribution in [0, 0.1) is 12.3 Å². The summed E-state index contributed by atoms with van der Waals surface area (Å²) in [5.41, 5.74) is 4.13. The zero-order valence-corrected chi connectivity index (χ0v) is 10.4. The highest BCUT2D eigenvalue weighted by molar-refractivity contribution is 5.59. The fraction of sp³-hybridized carbons (Fsp3) is 0.467. The van der Waals surface area contributed by atoms with E-state index in [4.69, 9.17) is 6.42 Å². The standard InChI is InChI=1S/C15H20N2/c1-3-6-12(2)17-11-14-8-4-7-13-9-5-10-16-15(13)14/h1,4,7-8,12,16-17H,5-6,9-11H2,2H3. The van der Waals surface area contributed by atoms with Crippen LogP contribution in [0.3, 0.4) is 0 Å². The van der Waals surface area contributed by atoms with Crippen molar-refractivity contribution in [3.63, 3.8) is 0 Å². The lowest BCUT2D eigenvalue weighted by atomic mass is 9.99. The average molecular weight is 228 g/mol. The highest BCUT2D eigenvalue weighted by atomic mass is 14.9. The van der Waals surface area contributed by atoms with E-state index < -0.39 is 0 Å². The summed E-state index contributed by atoms with van der Waals surface area (Å²) < 4.78 is 0. The molecule has 2 N–H and O–H groups in total. The molecule has 0 spiro atoms. The molecule has 0 saturated carbocycles. The summed E-state index contributed by atoms with van der Waals surface area (Å²) in [6.45, 7) is 4.10. The third-order valence-corrected chi connectivity index (χ3v) is 3.23. The molecule has 0 bridgehead atoms. The van der Waals surface area contributed by atoms with Crippen LogP contribution in [-0.2, 0) is 13.0 Å². The molecular formula is C15H20N2. The Bertz CT molecular complexity index is 417. The molecule has 2 heteroatoms. The third kappa shape index (κ3) is 3.01. The van der Waals surface area contributed by atoms with E-state index in [1.54, 1.807) is 0 Å². The van der Waals surface area contributed by atoms with E-state index in [9.17, 15) is 0 Å². The van der Waals surface area contributed by atoms with Gasteiger partial charge in [-0.1, -0.05) is 18.2 Å². The third-order valence-electron chi connectivity index (χ3n) is 3.23. The van der Waals surface area contributed by atoms with Crippen molar-refractivity contribution in [1.82, 2.24) is 5.32 Å². The van der Waals surface area contributed by atoms with Crippen molar-refractivity contribution in [2.45, 2.75) is 38.8 Å². The molecule has 0 aliphatic carbocycles. The van der Waals surface area contributed by atoms with Crippen molar-refractivity contribution < 1.29 is 0 Å². The Kier molecular flexibility index (Phi) is 4.06.